The number of piperidine rings is 1. The van der Waals surface area contributed by atoms with Crippen molar-refractivity contribution in [3.63, 3.8) is 0 Å². The molecule has 3 aromatic carbocycles. The smallest absolute Gasteiger partial charge is 0.165 e. The zero-order valence-corrected chi connectivity index (χ0v) is 21.6. The highest BCUT2D eigenvalue weighted by atomic mass is 19.1. The molecule has 1 aliphatic carbocycles. The van der Waals surface area contributed by atoms with Crippen LogP contribution in [0, 0.1) is 5.82 Å². The number of hydrogen-bond acceptors (Lipinski definition) is 5. The number of phenols is 2. The standard InChI is InChI=1S/C31H37FN2O3/c1-33(21-22-5-12-31(29(32)17-22)37-16-15-34-13-3-2-4-14-34)30-20-27(36)10-11-28(30)25-7-6-24-19-26(35)9-8-23(24)18-25/h5,8-12,17,19-20,25,35-36H,2-4,6-7,13-16,18,21H2,1H3. The maximum Gasteiger partial charge on any atom is 0.165 e. The molecule has 37 heavy (non-hydrogen) atoms. The summed E-state index contributed by atoms with van der Waals surface area (Å²) in [7, 11) is 1.98. The second-order valence-corrected chi connectivity index (χ2v) is 10.5. The molecule has 0 bridgehead atoms. The van der Waals surface area contributed by atoms with E-state index in [9.17, 15) is 14.6 Å². The number of aryl methyl sites for hydroxylation is 1. The minimum atomic E-state index is -0.340. The molecule has 6 heteroatoms. The van der Waals surface area contributed by atoms with E-state index >= 15 is 0 Å². The monoisotopic (exact) mass is 504 g/mol. The van der Waals surface area contributed by atoms with Crippen molar-refractivity contribution >= 4 is 5.69 Å². The van der Waals surface area contributed by atoms with Crippen LogP contribution in [-0.4, -0.2) is 48.4 Å². The third-order valence-corrected chi connectivity index (χ3v) is 7.81. The Labute approximate surface area is 219 Å². The number of fused-ring (bicyclic) bond motifs is 1. The summed E-state index contributed by atoms with van der Waals surface area (Å²) >= 11 is 0. The predicted octanol–water partition coefficient (Wildman–Crippen LogP) is 6.01. The Morgan fingerprint density at radius 1 is 0.946 bits per heavy atom. The van der Waals surface area contributed by atoms with Gasteiger partial charge in [0.25, 0.3) is 0 Å². The first-order chi connectivity index (χ1) is 18.0. The largest absolute Gasteiger partial charge is 0.508 e. The SMILES string of the molecule is CN(Cc1ccc(OCCN2CCCCC2)c(F)c1)c1cc(O)ccc1C1CCc2cc(O)ccc2C1. The number of hydrogen-bond donors (Lipinski definition) is 2. The molecule has 3 aromatic rings. The molecule has 0 saturated carbocycles. The lowest BCUT2D eigenvalue weighted by atomic mass is 9.79. The third kappa shape index (κ3) is 6.19. The Hall–Kier alpha value is -3.25. The average Bonchev–Trinajstić information content (AvgIpc) is 2.90. The van der Waals surface area contributed by atoms with Gasteiger partial charge in [0, 0.05) is 31.9 Å². The highest BCUT2D eigenvalue weighted by molar-refractivity contribution is 5.59. The van der Waals surface area contributed by atoms with Gasteiger partial charge in [-0.05, 0) is 104 Å². The molecule has 0 radical (unpaired) electrons. The molecule has 0 amide bonds. The summed E-state index contributed by atoms with van der Waals surface area (Å²) in [6.07, 6.45) is 6.53. The number of likely N-dealkylation sites (tertiary alicyclic amines) is 1. The highest BCUT2D eigenvalue weighted by Gasteiger charge is 2.24. The molecule has 5 rings (SSSR count). The van der Waals surface area contributed by atoms with Crippen molar-refractivity contribution in [3.8, 4) is 17.2 Å². The van der Waals surface area contributed by atoms with Crippen LogP contribution in [0.4, 0.5) is 10.1 Å². The molecule has 0 spiro atoms. The summed E-state index contributed by atoms with van der Waals surface area (Å²) in [6.45, 7) is 4.04. The van der Waals surface area contributed by atoms with Crippen molar-refractivity contribution in [2.24, 2.45) is 0 Å². The van der Waals surface area contributed by atoms with Gasteiger partial charge >= 0.3 is 0 Å². The summed E-state index contributed by atoms with van der Waals surface area (Å²) in [5.41, 5.74) is 5.45. The predicted molar refractivity (Wildman–Crippen MR) is 145 cm³/mol. The van der Waals surface area contributed by atoms with Gasteiger partial charge in [-0.2, -0.15) is 0 Å². The van der Waals surface area contributed by atoms with Crippen molar-refractivity contribution in [3.05, 3.63) is 82.7 Å². The second-order valence-electron chi connectivity index (χ2n) is 10.5. The van der Waals surface area contributed by atoms with Crippen LogP contribution in [0.25, 0.3) is 0 Å². The Morgan fingerprint density at radius 2 is 1.73 bits per heavy atom. The third-order valence-electron chi connectivity index (χ3n) is 7.81. The molecule has 1 unspecified atom stereocenters. The maximum absolute atomic E-state index is 14.9. The van der Waals surface area contributed by atoms with E-state index in [0.29, 0.717) is 30.6 Å². The quantitative estimate of drug-likeness (QED) is 0.393. The lowest BCUT2D eigenvalue weighted by Crippen LogP contribution is -2.33. The van der Waals surface area contributed by atoms with Crippen LogP contribution in [0.15, 0.2) is 54.6 Å². The number of rotatable bonds is 8. The van der Waals surface area contributed by atoms with Crippen LogP contribution < -0.4 is 9.64 Å². The molecule has 1 atom stereocenters. The first kappa shape index (κ1) is 25.4. The fourth-order valence-electron chi connectivity index (χ4n) is 5.80. The van der Waals surface area contributed by atoms with Crippen molar-refractivity contribution in [1.29, 1.82) is 0 Å². The van der Waals surface area contributed by atoms with E-state index in [0.717, 1.165) is 50.1 Å². The lowest BCUT2D eigenvalue weighted by molar-refractivity contribution is 0.180. The minimum absolute atomic E-state index is 0.218. The molecular formula is C31H37FN2O3. The van der Waals surface area contributed by atoms with Crippen LogP contribution in [0.2, 0.25) is 0 Å². The van der Waals surface area contributed by atoms with Crippen molar-refractivity contribution in [2.45, 2.75) is 51.0 Å². The molecule has 196 valence electrons. The van der Waals surface area contributed by atoms with Gasteiger partial charge in [0.2, 0.25) is 0 Å². The Bertz CT molecular complexity index is 1230. The van der Waals surface area contributed by atoms with Crippen molar-refractivity contribution in [2.75, 3.05) is 38.2 Å². The number of ether oxygens (including phenoxy) is 1. The lowest BCUT2D eigenvalue weighted by Gasteiger charge is -2.30. The Balaban J connectivity index is 1.25. The summed E-state index contributed by atoms with van der Waals surface area (Å²) < 4.78 is 20.6. The average molecular weight is 505 g/mol. The van der Waals surface area contributed by atoms with Crippen LogP contribution in [0.3, 0.4) is 0 Å². The number of nitrogens with zero attached hydrogens (tertiary/aromatic N) is 2. The van der Waals surface area contributed by atoms with Crippen LogP contribution in [0.1, 0.15) is 53.9 Å². The molecule has 1 fully saturated rings. The van der Waals surface area contributed by atoms with E-state index in [2.05, 4.69) is 9.80 Å². The molecule has 1 heterocycles. The molecule has 1 saturated heterocycles. The van der Waals surface area contributed by atoms with Crippen molar-refractivity contribution < 1.29 is 19.3 Å². The number of phenolic OH excluding ortho intramolecular Hbond substituents is 2. The fourth-order valence-corrected chi connectivity index (χ4v) is 5.80. The first-order valence-electron chi connectivity index (χ1n) is 13.4. The van der Waals surface area contributed by atoms with E-state index in [4.69, 9.17) is 4.74 Å². The Morgan fingerprint density at radius 3 is 2.54 bits per heavy atom. The van der Waals surface area contributed by atoms with E-state index in [1.807, 2.05) is 31.3 Å². The topological polar surface area (TPSA) is 56.2 Å². The van der Waals surface area contributed by atoms with E-state index in [1.165, 1.54) is 36.0 Å². The van der Waals surface area contributed by atoms with Gasteiger partial charge in [0.1, 0.15) is 18.1 Å². The van der Waals surface area contributed by atoms with Crippen LogP contribution in [0.5, 0.6) is 17.2 Å². The van der Waals surface area contributed by atoms with Gasteiger partial charge in [-0.15, -0.1) is 0 Å². The summed E-state index contributed by atoms with van der Waals surface area (Å²) in [4.78, 5) is 4.46. The Kier molecular flexibility index (Phi) is 7.85. The normalized spacial score (nSPS) is 17.8. The maximum atomic E-state index is 14.9. The summed E-state index contributed by atoms with van der Waals surface area (Å²) in [5.74, 6) is 0.798. The van der Waals surface area contributed by atoms with Gasteiger partial charge in [-0.1, -0.05) is 24.6 Å². The molecular weight excluding hydrogens is 467 g/mol. The summed E-state index contributed by atoms with van der Waals surface area (Å²) in [6, 6.07) is 16.4. The number of anilines is 1. The van der Waals surface area contributed by atoms with Gasteiger partial charge in [0.05, 0.1) is 0 Å². The number of benzene rings is 3. The van der Waals surface area contributed by atoms with E-state index < -0.39 is 0 Å². The molecule has 2 aliphatic rings. The van der Waals surface area contributed by atoms with Gasteiger partial charge < -0.3 is 19.8 Å². The zero-order valence-electron chi connectivity index (χ0n) is 21.6. The summed E-state index contributed by atoms with van der Waals surface area (Å²) in [5, 5.41) is 20.1. The number of halogens is 1. The van der Waals surface area contributed by atoms with Crippen LogP contribution >= 0.6 is 0 Å². The van der Waals surface area contributed by atoms with Gasteiger partial charge in [-0.3, -0.25) is 4.90 Å². The van der Waals surface area contributed by atoms with Crippen molar-refractivity contribution in [1.82, 2.24) is 4.90 Å². The molecule has 0 aromatic heterocycles. The van der Waals surface area contributed by atoms with Gasteiger partial charge in [-0.25, -0.2) is 4.39 Å². The van der Waals surface area contributed by atoms with Crippen LogP contribution in [-0.2, 0) is 19.4 Å². The fraction of sp³-hybridized carbons (Fsp3) is 0.419. The molecule has 1 aliphatic heterocycles. The first-order valence-corrected chi connectivity index (χ1v) is 13.4. The molecule has 2 N–H and O–H groups in total. The highest BCUT2D eigenvalue weighted by Crippen LogP contribution is 2.39. The molecule has 5 nitrogen and oxygen atoms in total. The minimum Gasteiger partial charge on any atom is -0.508 e. The van der Waals surface area contributed by atoms with E-state index in [-0.39, 0.29) is 11.6 Å². The zero-order chi connectivity index (χ0) is 25.8. The second kappa shape index (κ2) is 11.4. The van der Waals surface area contributed by atoms with E-state index in [1.54, 1.807) is 30.3 Å². The van der Waals surface area contributed by atoms with Gasteiger partial charge in [0.15, 0.2) is 11.6 Å². The number of aromatic hydroxyl groups is 2.